The quantitative estimate of drug-likeness (QED) is 0.650. The Bertz CT molecular complexity index is 1050. The van der Waals surface area contributed by atoms with Crippen LogP contribution in [-0.4, -0.2) is 51.9 Å². The summed E-state index contributed by atoms with van der Waals surface area (Å²) < 4.78 is 13.1. The number of halogens is 1. The monoisotopic (exact) mass is 412 g/mol. The minimum atomic E-state index is -0.213. The molecule has 0 unspecified atom stereocenters. The van der Waals surface area contributed by atoms with Gasteiger partial charge >= 0.3 is 0 Å². The number of carbonyl (C=O) groups is 1. The zero-order valence-electron chi connectivity index (χ0n) is 17.0. The number of fused-ring (bicyclic) bond motifs is 1. The van der Waals surface area contributed by atoms with Crippen LogP contribution in [0.4, 0.5) is 4.39 Å². The van der Waals surface area contributed by atoms with Gasteiger partial charge in [-0.25, -0.2) is 14.4 Å². The highest BCUT2D eigenvalue weighted by Gasteiger charge is 2.25. The smallest absolute Gasteiger partial charge is 0.264 e. The number of aryl methyl sites for hydroxylation is 3. The summed E-state index contributed by atoms with van der Waals surface area (Å²) in [4.78, 5) is 28.2. The number of hydrogen-bond donors (Lipinski definition) is 0. The summed E-state index contributed by atoms with van der Waals surface area (Å²) in [6.07, 6.45) is 0.925. The van der Waals surface area contributed by atoms with E-state index in [4.69, 9.17) is 0 Å². The first kappa shape index (κ1) is 19.9. The highest BCUT2D eigenvalue weighted by Crippen LogP contribution is 2.32. The number of aromatic nitrogens is 2. The van der Waals surface area contributed by atoms with Crippen LogP contribution in [0.25, 0.3) is 10.2 Å². The fraction of sp³-hybridized carbons (Fsp3) is 0.409. The Labute approximate surface area is 174 Å². The molecule has 1 saturated heterocycles. The molecular formula is C22H25FN4OS. The highest BCUT2D eigenvalue weighted by atomic mass is 32.1. The number of benzene rings is 1. The van der Waals surface area contributed by atoms with Gasteiger partial charge in [-0.2, -0.15) is 0 Å². The summed E-state index contributed by atoms with van der Waals surface area (Å²) in [5, 5.41) is 1.01. The van der Waals surface area contributed by atoms with Crippen LogP contribution in [0, 0.1) is 26.6 Å². The third-order valence-electron chi connectivity index (χ3n) is 5.47. The fourth-order valence-corrected chi connectivity index (χ4v) is 5.25. The molecule has 1 amide bonds. The molecule has 1 aliphatic heterocycles. The lowest BCUT2D eigenvalue weighted by molar-refractivity contribution is 0.0765. The van der Waals surface area contributed by atoms with Crippen molar-refractivity contribution >= 4 is 27.5 Å². The summed E-state index contributed by atoms with van der Waals surface area (Å²) >= 11 is 1.47. The molecule has 0 spiro atoms. The molecule has 2 aromatic heterocycles. The van der Waals surface area contributed by atoms with E-state index in [1.807, 2.05) is 37.8 Å². The minimum Gasteiger partial charge on any atom is -0.337 e. The Morgan fingerprint density at radius 3 is 2.59 bits per heavy atom. The number of hydrogen-bond acceptors (Lipinski definition) is 5. The van der Waals surface area contributed by atoms with Crippen molar-refractivity contribution in [3.63, 3.8) is 0 Å². The molecule has 0 atom stereocenters. The van der Waals surface area contributed by atoms with E-state index >= 15 is 0 Å². The lowest BCUT2D eigenvalue weighted by atomic mass is 10.1. The first-order valence-corrected chi connectivity index (χ1v) is 10.7. The van der Waals surface area contributed by atoms with Gasteiger partial charge in [0.25, 0.3) is 5.91 Å². The second-order valence-electron chi connectivity index (χ2n) is 7.64. The van der Waals surface area contributed by atoms with E-state index in [0.29, 0.717) is 6.54 Å². The molecule has 0 aliphatic carbocycles. The van der Waals surface area contributed by atoms with Crippen molar-refractivity contribution in [3.8, 4) is 0 Å². The molecule has 0 radical (unpaired) electrons. The largest absolute Gasteiger partial charge is 0.337 e. The van der Waals surface area contributed by atoms with Gasteiger partial charge in [0.1, 0.15) is 16.5 Å². The number of rotatable bonds is 3. The average molecular weight is 413 g/mol. The molecule has 0 bridgehead atoms. The molecule has 3 heterocycles. The topological polar surface area (TPSA) is 49.3 Å². The van der Waals surface area contributed by atoms with Crippen molar-refractivity contribution in [2.45, 2.75) is 33.7 Å². The number of carbonyl (C=O) groups excluding carboxylic acids is 1. The molecule has 0 saturated carbocycles. The van der Waals surface area contributed by atoms with Crippen LogP contribution in [0.5, 0.6) is 0 Å². The predicted octanol–water partition coefficient (Wildman–Crippen LogP) is 4.10. The van der Waals surface area contributed by atoms with Crippen molar-refractivity contribution < 1.29 is 9.18 Å². The second kappa shape index (κ2) is 8.16. The number of thiophene rings is 1. The zero-order chi connectivity index (χ0) is 20.5. The molecule has 7 heteroatoms. The van der Waals surface area contributed by atoms with Gasteiger partial charge in [-0.15, -0.1) is 11.3 Å². The first-order valence-electron chi connectivity index (χ1n) is 9.93. The summed E-state index contributed by atoms with van der Waals surface area (Å²) in [7, 11) is 0. The van der Waals surface area contributed by atoms with Gasteiger partial charge in [-0.3, -0.25) is 9.69 Å². The predicted molar refractivity (Wildman–Crippen MR) is 114 cm³/mol. The van der Waals surface area contributed by atoms with Gasteiger partial charge in [0.05, 0.1) is 4.88 Å². The third kappa shape index (κ3) is 4.16. The lowest BCUT2D eigenvalue weighted by Gasteiger charge is -2.22. The second-order valence-corrected chi connectivity index (χ2v) is 8.64. The van der Waals surface area contributed by atoms with Crippen LogP contribution < -0.4 is 0 Å². The van der Waals surface area contributed by atoms with E-state index in [-0.39, 0.29) is 11.7 Å². The summed E-state index contributed by atoms with van der Waals surface area (Å²) in [6.45, 7) is 9.81. The van der Waals surface area contributed by atoms with E-state index in [2.05, 4.69) is 14.9 Å². The molecule has 5 nitrogen and oxygen atoms in total. The molecule has 29 heavy (non-hydrogen) atoms. The standard InChI is InChI=1S/C22H25FN4OS/c1-14-19-15(2)24-16(3)25-21(19)29-20(14)22(28)27-10-4-9-26(11-12-27)13-17-5-7-18(23)8-6-17/h5-8H,4,9-13H2,1-3H3. The van der Waals surface area contributed by atoms with Gasteiger partial charge in [0.2, 0.25) is 0 Å². The van der Waals surface area contributed by atoms with Crippen LogP contribution >= 0.6 is 11.3 Å². The van der Waals surface area contributed by atoms with Crippen molar-refractivity contribution in [3.05, 3.63) is 57.6 Å². The van der Waals surface area contributed by atoms with Gasteiger partial charge in [-0.1, -0.05) is 12.1 Å². The maximum absolute atomic E-state index is 13.3. The van der Waals surface area contributed by atoms with Crippen molar-refractivity contribution in [2.24, 2.45) is 0 Å². The molecule has 4 rings (SSSR count). The fourth-order valence-electron chi connectivity index (χ4n) is 4.00. The van der Waals surface area contributed by atoms with Crippen molar-refractivity contribution in [1.29, 1.82) is 0 Å². The van der Waals surface area contributed by atoms with Gasteiger partial charge in [0, 0.05) is 43.8 Å². The maximum atomic E-state index is 13.3. The third-order valence-corrected chi connectivity index (χ3v) is 6.65. The maximum Gasteiger partial charge on any atom is 0.264 e. The molecule has 1 fully saturated rings. The average Bonchev–Trinajstić information content (AvgIpc) is 2.86. The van der Waals surface area contributed by atoms with Gasteiger partial charge < -0.3 is 4.90 Å². The normalized spacial score (nSPS) is 15.7. The molecular weight excluding hydrogens is 387 g/mol. The van der Waals surface area contributed by atoms with E-state index in [0.717, 1.165) is 70.3 Å². The number of nitrogens with zero attached hydrogens (tertiary/aromatic N) is 4. The lowest BCUT2D eigenvalue weighted by Crippen LogP contribution is -2.35. The van der Waals surface area contributed by atoms with Crippen LogP contribution in [0.3, 0.4) is 0 Å². The SMILES string of the molecule is Cc1nc(C)c2c(C)c(C(=O)N3CCCN(Cc4ccc(F)cc4)CC3)sc2n1. The van der Waals surface area contributed by atoms with Crippen LogP contribution in [0.1, 0.15) is 38.7 Å². The molecule has 3 aromatic rings. The first-order chi connectivity index (χ1) is 13.9. The zero-order valence-corrected chi connectivity index (χ0v) is 17.9. The number of amides is 1. The Balaban J connectivity index is 1.48. The van der Waals surface area contributed by atoms with E-state index < -0.39 is 0 Å². The Morgan fingerprint density at radius 1 is 1.07 bits per heavy atom. The highest BCUT2D eigenvalue weighted by molar-refractivity contribution is 7.20. The summed E-state index contributed by atoms with van der Waals surface area (Å²) in [5.74, 6) is 0.614. The van der Waals surface area contributed by atoms with E-state index in [9.17, 15) is 9.18 Å². The van der Waals surface area contributed by atoms with E-state index in [1.54, 1.807) is 0 Å². The molecule has 1 aliphatic rings. The molecule has 1 aromatic carbocycles. The van der Waals surface area contributed by atoms with Crippen LogP contribution in [0.2, 0.25) is 0 Å². The summed E-state index contributed by atoms with van der Waals surface area (Å²) in [5.41, 5.74) is 3.01. The molecule has 152 valence electrons. The molecule has 0 N–H and O–H groups in total. The van der Waals surface area contributed by atoms with Crippen molar-refractivity contribution in [2.75, 3.05) is 26.2 Å². The Morgan fingerprint density at radius 2 is 1.83 bits per heavy atom. The van der Waals surface area contributed by atoms with Gasteiger partial charge in [-0.05, 0) is 50.5 Å². The van der Waals surface area contributed by atoms with Crippen molar-refractivity contribution in [1.82, 2.24) is 19.8 Å². The van der Waals surface area contributed by atoms with E-state index in [1.165, 1.54) is 23.5 Å². The Hall–Kier alpha value is -2.38. The minimum absolute atomic E-state index is 0.0891. The van der Waals surface area contributed by atoms with Gasteiger partial charge in [0.15, 0.2) is 0 Å². The van der Waals surface area contributed by atoms with Crippen LogP contribution in [0.15, 0.2) is 24.3 Å². The summed E-state index contributed by atoms with van der Waals surface area (Å²) in [6, 6.07) is 6.66. The van der Waals surface area contributed by atoms with Crippen LogP contribution in [-0.2, 0) is 6.54 Å². The Kier molecular flexibility index (Phi) is 5.61.